The van der Waals surface area contributed by atoms with E-state index in [1.54, 1.807) is 0 Å². The van der Waals surface area contributed by atoms with Crippen LogP contribution in [0.3, 0.4) is 0 Å². The van der Waals surface area contributed by atoms with Gasteiger partial charge < -0.3 is 14.9 Å². The molecule has 3 atom stereocenters. The zero-order valence-corrected chi connectivity index (χ0v) is 20.5. The lowest BCUT2D eigenvalue weighted by atomic mass is 9.80. The van der Waals surface area contributed by atoms with Crippen LogP contribution in [0.15, 0.2) is 11.6 Å². The summed E-state index contributed by atoms with van der Waals surface area (Å²) >= 11 is 1.38. The number of carbonyl (C=O) groups excluding carboxylic acids is 1. The number of aliphatic hydroxyl groups excluding tert-OH is 1. The standard InChI is InChI=1S/C25H44O5S/c1-3-4-5-6-7-8-9-10-11-12-13-14-15-20-16-17-21(18-22(26)27)24(29)25(20)31-19-23(28)30-2/h15,21,24-25,29H,3-14,16-19H2,1-2H3,(H,26,27). The molecule has 1 saturated carbocycles. The van der Waals surface area contributed by atoms with Gasteiger partial charge in [0.15, 0.2) is 0 Å². The maximum absolute atomic E-state index is 11.6. The molecule has 0 aliphatic heterocycles. The highest BCUT2D eigenvalue weighted by Crippen LogP contribution is 2.38. The molecule has 0 radical (unpaired) electrons. The van der Waals surface area contributed by atoms with E-state index in [2.05, 4.69) is 13.0 Å². The fourth-order valence-electron chi connectivity index (χ4n) is 4.32. The van der Waals surface area contributed by atoms with Crippen LogP contribution in [0, 0.1) is 5.92 Å². The summed E-state index contributed by atoms with van der Waals surface area (Å²) in [5.41, 5.74) is 1.16. The second kappa shape index (κ2) is 17.5. The van der Waals surface area contributed by atoms with E-state index in [0.29, 0.717) is 6.42 Å². The van der Waals surface area contributed by atoms with Crippen LogP contribution in [-0.2, 0) is 14.3 Å². The summed E-state index contributed by atoms with van der Waals surface area (Å²) in [5, 5.41) is 19.6. The van der Waals surface area contributed by atoms with E-state index in [-0.39, 0.29) is 29.3 Å². The predicted molar refractivity (Wildman–Crippen MR) is 128 cm³/mol. The highest BCUT2D eigenvalue weighted by atomic mass is 32.2. The minimum absolute atomic E-state index is 0.0255. The van der Waals surface area contributed by atoms with Gasteiger partial charge in [0.05, 0.1) is 30.6 Å². The number of hydrogen-bond donors (Lipinski definition) is 2. The third-order valence-corrected chi connectivity index (χ3v) is 7.56. The first kappa shape index (κ1) is 28.0. The molecule has 2 N–H and O–H groups in total. The number of carbonyl (C=O) groups is 2. The third-order valence-electron chi connectivity index (χ3n) is 6.22. The molecule has 0 bridgehead atoms. The fourth-order valence-corrected chi connectivity index (χ4v) is 5.60. The zero-order valence-electron chi connectivity index (χ0n) is 19.7. The van der Waals surface area contributed by atoms with Crippen molar-refractivity contribution < 1.29 is 24.5 Å². The minimum Gasteiger partial charge on any atom is -0.481 e. The monoisotopic (exact) mass is 456 g/mol. The highest BCUT2D eigenvalue weighted by molar-refractivity contribution is 8.00. The molecule has 0 aromatic heterocycles. The Balaban J connectivity index is 2.34. The molecule has 0 aromatic rings. The number of ether oxygens (including phenoxy) is 1. The van der Waals surface area contributed by atoms with Gasteiger partial charge in [-0.3, -0.25) is 9.59 Å². The van der Waals surface area contributed by atoms with Crippen molar-refractivity contribution in [2.45, 2.75) is 115 Å². The largest absolute Gasteiger partial charge is 0.481 e. The second-order valence-corrected chi connectivity index (χ2v) is 9.93. The highest BCUT2D eigenvalue weighted by Gasteiger charge is 2.36. The Labute approximate surface area is 193 Å². The van der Waals surface area contributed by atoms with E-state index in [1.165, 1.54) is 83.1 Å². The van der Waals surface area contributed by atoms with E-state index in [4.69, 9.17) is 9.84 Å². The van der Waals surface area contributed by atoms with Crippen LogP contribution in [-0.4, -0.2) is 46.4 Å². The van der Waals surface area contributed by atoms with Gasteiger partial charge in [-0.05, 0) is 31.6 Å². The topological polar surface area (TPSA) is 83.8 Å². The Morgan fingerprint density at radius 1 is 1.03 bits per heavy atom. The molecule has 5 nitrogen and oxygen atoms in total. The van der Waals surface area contributed by atoms with Gasteiger partial charge in [0.2, 0.25) is 0 Å². The van der Waals surface area contributed by atoms with Gasteiger partial charge in [0, 0.05) is 0 Å². The SMILES string of the molecule is CCCCCCCCCCCCCC=C1CCC(CC(=O)O)C(O)C1SCC(=O)OC. The second-order valence-electron chi connectivity index (χ2n) is 8.80. The van der Waals surface area contributed by atoms with Gasteiger partial charge in [-0.15, -0.1) is 11.8 Å². The predicted octanol–water partition coefficient (Wildman–Crippen LogP) is 6.13. The van der Waals surface area contributed by atoms with Crippen LogP contribution < -0.4 is 0 Å². The van der Waals surface area contributed by atoms with Crippen LogP contribution in [0.5, 0.6) is 0 Å². The van der Waals surface area contributed by atoms with Gasteiger partial charge in [-0.2, -0.15) is 0 Å². The van der Waals surface area contributed by atoms with Crippen molar-refractivity contribution >= 4 is 23.7 Å². The first-order chi connectivity index (χ1) is 15.0. The number of carboxylic acid groups (broad SMARTS) is 1. The molecule has 31 heavy (non-hydrogen) atoms. The van der Waals surface area contributed by atoms with E-state index in [1.807, 2.05) is 0 Å². The fraction of sp³-hybridized carbons (Fsp3) is 0.840. The number of hydrogen-bond acceptors (Lipinski definition) is 5. The van der Waals surface area contributed by atoms with E-state index < -0.39 is 12.1 Å². The van der Waals surface area contributed by atoms with Crippen molar-refractivity contribution in [1.29, 1.82) is 0 Å². The van der Waals surface area contributed by atoms with Crippen LogP contribution in [0.1, 0.15) is 103 Å². The summed E-state index contributed by atoms with van der Waals surface area (Å²) in [6.07, 6.45) is 18.4. The molecule has 1 aliphatic carbocycles. The summed E-state index contributed by atoms with van der Waals surface area (Å²) in [7, 11) is 1.36. The summed E-state index contributed by atoms with van der Waals surface area (Å²) < 4.78 is 4.73. The maximum Gasteiger partial charge on any atom is 0.315 e. The maximum atomic E-state index is 11.6. The Morgan fingerprint density at radius 3 is 2.16 bits per heavy atom. The first-order valence-electron chi connectivity index (χ1n) is 12.3. The van der Waals surface area contributed by atoms with Crippen LogP contribution in [0.2, 0.25) is 0 Å². The number of aliphatic hydroxyl groups is 1. The molecular formula is C25H44O5S. The normalized spacial score (nSPS) is 22.5. The molecule has 1 aliphatic rings. The summed E-state index contributed by atoms with van der Waals surface area (Å²) in [4.78, 5) is 22.7. The average molecular weight is 457 g/mol. The van der Waals surface area contributed by atoms with Crippen molar-refractivity contribution in [3.63, 3.8) is 0 Å². The molecule has 6 heteroatoms. The Hall–Kier alpha value is -1.01. The molecule has 1 rings (SSSR count). The van der Waals surface area contributed by atoms with Crippen LogP contribution in [0.25, 0.3) is 0 Å². The van der Waals surface area contributed by atoms with Crippen molar-refractivity contribution in [2.75, 3.05) is 12.9 Å². The number of thioether (sulfide) groups is 1. The molecule has 3 unspecified atom stereocenters. The minimum atomic E-state index is -0.880. The number of allylic oxidation sites excluding steroid dienone is 1. The van der Waals surface area contributed by atoms with Crippen molar-refractivity contribution in [1.82, 2.24) is 0 Å². The Bertz CT molecular complexity index is 534. The van der Waals surface area contributed by atoms with Crippen LogP contribution in [0.4, 0.5) is 0 Å². The van der Waals surface area contributed by atoms with Gasteiger partial charge in [0.25, 0.3) is 0 Å². The van der Waals surface area contributed by atoms with Crippen molar-refractivity contribution in [2.24, 2.45) is 5.92 Å². The molecule has 0 heterocycles. The van der Waals surface area contributed by atoms with Crippen molar-refractivity contribution in [3.8, 4) is 0 Å². The zero-order chi connectivity index (χ0) is 22.9. The average Bonchev–Trinajstić information content (AvgIpc) is 2.75. The number of methoxy groups -OCH3 is 1. The first-order valence-corrected chi connectivity index (χ1v) is 13.3. The molecule has 0 aromatic carbocycles. The number of carboxylic acids is 1. The van der Waals surface area contributed by atoms with E-state index in [0.717, 1.165) is 24.8 Å². The summed E-state index contributed by atoms with van der Waals surface area (Å²) in [6.45, 7) is 2.25. The van der Waals surface area contributed by atoms with E-state index in [9.17, 15) is 14.7 Å². The lowest BCUT2D eigenvalue weighted by Gasteiger charge is -2.36. The number of rotatable bonds is 17. The summed E-state index contributed by atoms with van der Waals surface area (Å²) in [5.74, 6) is -1.28. The lowest BCUT2D eigenvalue weighted by molar-refractivity contribution is -0.139. The molecule has 180 valence electrons. The quantitative estimate of drug-likeness (QED) is 0.155. The molecular weight excluding hydrogens is 412 g/mol. The lowest BCUT2D eigenvalue weighted by Crippen LogP contribution is -2.38. The third kappa shape index (κ3) is 12.6. The van der Waals surface area contributed by atoms with Crippen molar-refractivity contribution in [3.05, 3.63) is 11.6 Å². The number of aliphatic carboxylic acids is 1. The Kier molecular flexibility index (Phi) is 15.9. The van der Waals surface area contributed by atoms with Gasteiger partial charge in [-0.25, -0.2) is 0 Å². The Morgan fingerprint density at radius 2 is 1.61 bits per heavy atom. The van der Waals surface area contributed by atoms with Gasteiger partial charge in [0.1, 0.15) is 0 Å². The molecule has 0 amide bonds. The van der Waals surface area contributed by atoms with Crippen LogP contribution >= 0.6 is 11.8 Å². The van der Waals surface area contributed by atoms with Gasteiger partial charge in [-0.1, -0.05) is 82.8 Å². The van der Waals surface area contributed by atoms with E-state index >= 15 is 0 Å². The number of esters is 1. The molecule has 0 saturated heterocycles. The van der Waals surface area contributed by atoms with Gasteiger partial charge >= 0.3 is 11.9 Å². The summed E-state index contributed by atoms with van der Waals surface area (Å²) in [6, 6.07) is 0. The smallest absolute Gasteiger partial charge is 0.315 e. The number of unbranched alkanes of at least 4 members (excludes halogenated alkanes) is 11. The molecule has 1 fully saturated rings. The molecule has 0 spiro atoms.